The minimum absolute atomic E-state index is 0.00970. The van der Waals surface area contributed by atoms with Crippen LogP contribution >= 0.6 is 11.8 Å². The summed E-state index contributed by atoms with van der Waals surface area (Å²) in [4.78, 5) is 29.4. The molecule has 0 aliphatic carbocycles. The summed E-state index contributed by atoms with van der Waals surface area (Å²) in [6.45, 7) is 33.2. The fourth-order valence-electron chi connectivity index (χ4n) is 7.55. The summed E-state index contributed by atoms with van der Waals surface area (Å²) in [5.41, 5.74) is 1.06. The molecule has 1 fully saturated rings. The average Bonchev–Trinajstić information content (AvgIpc) is 2.89. The van der Waals surface area contributed by atoms with Crippen LogP contribution in [-0.2, 0) is 53.6 Å². The molecule has 280 valence electrons. The molecule has 1 heterocycles. The number of phenols is 2. The van der Waals surface area contributed by atoms with Crippen molar-refractivity contribution < 1.29 is 29.3 Å². The van der Waals surface area contributed by atoms with Crippen molar-refractivity contribution in [2.45, 2.75) is 174 Å². The van der Waals surface area contributed by atoms with Gasteiger partial charge in [-0.05, 0) is 80.7 Å². The van der Waals surface area contributed by atoms with Gasteiger partial charge in [0.1, 0.15) is 17.6 Å². The molecule has 0 atom stereocenters. The highest BCUT2D eigenvalue weighted by atomic mass is 32.2. The highest BCUT2D eigenvalue weighted by molar-refractivity contribution is 8.02. The molecule has 0 amide bonds. The number of hydrogen-bond acceptors (Lipinski definition) is 7. The van der Waals surface area contributed by atoms with E-state index in [0.717, 1.165) is 33.4 Å². The molecule has 0 saturated carbocycles. The molecule has 50 heavy (non-hydrogen) atoms. The van der Waals surface area contributed by atoms with E-state index >= 15 is 0 Å². The largest absolute Gasteiger partial charge is 0.507 e. The number of esters is 2. The van der Waals surface area contributed by atoms with E-state index in [0.29, 0.717) is 12.8 Å². The van der Waals surface area contributed by atoms with Gasteiger partial charge in [0.25, 0.3) is 0 Å². The Morgan fingerprint density at radius 2 is 0.940 bits per heavy atom. The Morgan fingerprint density at radius 1 is 0.640 bits per heavy atom. The van der Waals surface area contributed by atoms with Crippen molar-refractivity contribution in [3.8, 4) is 11.5 Å². The summed E-state index contributed by atoms with van der Waals surface area (Å²) in [5.74, 6) is -0.825. The molecule has 2 N–H and O–H groups in total. The first-order valence-corrected chi connectivity index (χ1v) is 18.9. The second-order valence-corrected chi connectivity index (χ2v) is 22.5. The topological polar surface area (TPSA) is 93.1 Å². The number of carbonyl (C=O) groups is 2. The number of aromatic hydroxyl groups is 2. The van der Waals surface area contributed by atoms with E-state index < -0.39 is 39.0 Å². The maximum absolute atomic E-state index is 15.0. The second-order valence-electron chi connectivity index (χ2n) is 20.1. The SMILES string of the molecule is COC(=O)C(Cc1cc(C(C)(C)C)c(O)c(C(C)(C)C)c1)(Cc1cc(C(C)(C)C)c(O)c(C(C)(C)C)c1)C(=O)OC1CC(C)(C)SC(C)(C)C1. The monoisotopic (exact) mass is 710 g/mol. The van der Waals surface area contributed by atoms with Crippen LogP contribution in [0.2, 0.25) is 0 Å². The fraction of sp³-hybridized carbons (Fsp3) is 0.674. The maximum Gasteiger partial charge on any atom is 0.324 e. The molecule has 0 aromatic heterocycles. The zero-order valence-corrected chi connectivity index (χ0v) is 35.0. The van der Waals surface area contributed by atoms with Gasteiger partial charge in [-0.25, -0.2) is 0 Å². The predicted octanol–water partition coefficient (Wildman–Crippen LogP) is 10.2. The highest BCUT2D eigenvalue weighted by Crippen LogP contribution is 2.49. The van der Waals surface area contributed by atoms with Crippen molar-refractivity contribution in [1.82, 2.24) is 0 Å². The Morgan fingerprint density at radius 3 is 1.20 bits per heavy atom. The van der Waals surface area contributed by atoms with Crippen LogP contribution in [-0.4, -0.2) is 44.9 Å². The third-order valence-corrected chi connectivity index (χ3v) is 11.3. The highest BCUT2D eigenvalue weighted by Gasteiger charge is 2.52. The number of ether oxygens (including phenoxy) is 2. The molecule has 1 aliphatic rings. The molecule has 0 spiro atoms. The Balaban J connectivity index is 2.38. The van der Waals surface area contributed by atoms with Crippen LogP contribution in [0, 0.1) is 5.41 Å². The number of methoxy groups -OCH3 is 1. The first kappa shape index (κ1) is 41.7. The van der Waals surface area contributed by atoms with E-state index in [1.54, 1.807) is 0 Å². The first-order valence-electron chi connectivity index (χ1n) is 18.1. The van der Waals surface area contributed by atoms with E-state index in [-0.39, 0.29) is 39.9 Å². The lowest BCUT2D eigenvalue weighted by molar-refractivity contribution is -0.175. The van der Waals surface area contributed by atoms with Crippen LogP contribution in [0.15, 0.2) is 24.3 Å². The molecule has 6 nitrogen and oxygen atoms in total. The van der Waals surface area contributed by atoms with Crippen LogP contribution in [0.5, 0.6) is 11.5 Å². The molecule has 7 heteroatoms. The molecule has 1 aliphatic heterocycles. The number of rotatable bonds is 7. The summed E-state index contributed by atoms with van der Waals surface area (Å²) in [5, 5.41) is 23.1. The third kappa shape index (κ3) is 9.40. The second kappa shape index (κ2) is 13.7. The van der Waals surface area contributed by atoms with Gasteiger partial charge < -0.3 is 19.7 Å². The zero-order valence-electron chi connectivity index (χ0n) is 34.2. The molecule has 3 rings (SSSR count). The lowest BCUT2D eigenvalue weighted by Gasteiger charge is -2.44. The first-order chi connectivity index (χ1) is 22.3. The van der Waals surface area contributed by atoms with Gasteiger partial charge in [-0.2, -0.15) is 0 Å². The average molecular weight is 711 g/mol. The smallest absolute Gasteiger partial charge is 0.324 e. The molecular weight excluding hydrogens is 645 g/mol. The third-order valence-electron chi connectivity index (χ3n) is 9.81. The molecule has 1 saturated heterocycles. The number of thioether (sulfide) groups is 1. The molecule has 2 aromatic carbocycles. The van der Waals surface area contributed by atoms with Crippen molar-refractivity contribution in [2.24, 2.45) is 5.41 Å². The van der Waals surface area contributed by atoms with E-state index in [2.05, 4.69) is 27.7 Å². The number of benzene rings is 2. The fourth-order valence-corrected chi connectivity index (χ4v) is 9.59. The lowest BCUT2D eigenvalue weighted by atomic mass is 9.71. The van der Waals surface area contributed by atoms with Gasteiger partial charge in [0.2, 0.25) is 0 Å². The minimum atomic E-state index is -1.75. The van der Waals surface area contributed by atoms with Crippen molar-refractivity contribution in [1.29, 1.82) is 0 Å². The van der Waals surface area contributed by atoms with Crippen LogP contribution in [0.1, 0.15) is 157 Å². The Kier molecular flexibility index (Phi) is 11.4. The van der Waals surface area contributed by atoms with Gasteiger partial charge in [0.05, 0.1) is 7.11 Å². The molecular formula is C43H66O6S. The van der Waals surface area contributed by atoms with Gasteiger partial charge in [-0.1, -0.05) is 135 Å². The van der Waals surface area contributed by atoms with Gasteiger partial charge in [-0.15, -0.1) is 11.8 Å². The van der Waals surface area contributed by atoms with Crippen molar-refractivity contribution in [3.63, 3.8) is 0 Å². The number of carbonyl (C=O) groups excluding carboxylic acids is 2. The normalized spacial score (nSPS) is 17.4. The summed E-state index contributed by atoms with van der Waals surface area (Å²) in [7, 11) is 1.32. The lowest BCUT2D eigenvalue weighted by Crippen LogP contribution is -2.49. The standard InChI is InChI=1S/C43H66O6S/c1-37(2,3)29-18-26(19-30(33(29)44)38(4,5)6)22-43(35(46)48-17,36(47)49-28-24-41(13,14)50-42(15,16)25-28)23-27-20-31(39(7,8)9)34(45)32(21-27)40(10,11)12/h18-21,28,44-45H,22-25H2,1-17H3. The maximum atomic E-state index is 15.0. The summed E-state index contributed by atoms with van der Waals surface area (Å²) < 4.78 is 11.8. The van der Waals surface area contributed by atoms with Crippen molar-refractivity contribution in [3.05, 3.63) is 57.6 Å². The Labute approximate surface area is 307 Å². The van der Waals surface area contributed by atoms with E-state index in [1.807, 2.05) is 119 Å². The van der Waals surface area contributed by atoms with E-state index in [1.165, 1.54) is 7.11 Å². The van der Waals surface area contributed by atoms with E-state index in [9.17, 15) is 19.8 Å². The van der Waals surface area contributed by atoms with E-state index in [4.69, 9.17) is 9.47 Å². The van der Waals surface area contributed by atoms with Crippen LogP contribution in [0.3, 0.4) is 0 Å². The van der Waals surface area contributed by atoms with Gasteiger partial charge in [0, 0.05) is 9.49 Å². The van der Waals surface area contributed by atoms with Gasteiger partial charge in [0.15, 0.2) is 5.41 Å². The zero-order chi connectivity index (χ0) is 38.6. The van der Waals surface area contributed by atoms with Gasteiger partial charge >= 0.3 is 11.9 Å². The van der Waals surface area contributed by atoms with Crippen LogP contribution in [0.4, 0.5) is 0 Å². The Bertz CT molecular complexity index is 1420. The molecule has 0 unspecified atom stereocenters. The van der Waals surface area contributed by atoms with Crippen molar-refractivity contribution >= 4 is 23.7 Å². The quantitative estimate of drug-likeness (QED) is 0.218. The summed E-state index contributed by atoms with van der Waals surface area (Å²) >= 11 is 1.89. The predicted molar refractivity (Wildman–Crippen MR) is 208 cm³/mol. The summed E-state index contributed by atoms with van der Waals surface area (Å²) in [6, 6.07) is 7.71. The number of hydrogen-bond donors (Lipinski definition) is 2. The van der Waals surface area contributed by atoms with Crippen molar-refractivity contribution in [2.75, 3.05) is 7.11 Å². The summed E-state index contributed by atoms with van der Waals surface area (Å²) in [6.07, 6.45) is 0.953. The minimum Gasteiger partial charge on any atom is -0.507 e. The van der Waals surface area contributed by atoms with Gasteiger partial charge in [-0.3, -0.25) is 9.59 Å². The Hall–Kier alpha value is -2.67. The van der Waals surface area contributed by atoms with Crippen LogP contribution in [0.25, 0.3) is 0 Å². The van der Waals surface area contributed by atoms with Crippen LogP contribution < -0.4 is 0 Å². The molecule has 0 radical (unpaired) electrons. The molecule has 2 aromatic rings. The number of phenolic OH excluding ortho intramolecular Hbond substituents is 2. The molecule has 0 bridgehead atoms.